The van der Waals surface area contributed by atoms with Crippen molar-refractivity contribution in [2.24, 2.45) is 0 Å². The largest absolute Gasteiger partial charge is 0.493 e. The first-order valence-electron chi connectivity index (χ1n) is 9.34. The van der Waals surface area contributed by atoms with Crippen molar-refractivity contribution in [3.05, 3.63) is 63.8 Å². The Hall–Kier alpha value is -3.13. The smallest absolute Gasteiger partial charge is 0.226 e. The molecule has 8 heteroatoms. The van der Waals surface area contributed by atoms with E-state index in [1.54, 1.807) is 22.9 Å². The summed E-state index contributed by atoms with van der Waals surface area (Å²) < 4.78 is 13.2. The molecule has 30 heavy (non-hydrogen) atoms. The van der Waals surface area contributed by atoms with Crippen LogP contribution in [0.3, 0.4) is 0 Å². The summed E-state index contributed by atoms with van der Waals surface area (Å²) in [5.41, 5.74) is 2.68. The molecule has 0 aliphatic carbocycles. The second-order valence-electron chi connectivity index (χ2n) is 6.97. The summed E-state index contributed by atoms with van der Waals surface area (Å²) in [4.78, 5) is 25.9. The number of carbonyl (C=O) groups excluding carboxylic acids is 2. The highest BCUT2D eigenvalue weighted by atomic mass is 79.9. The lowest BCUT2D eigenvalue weighted by molar-refractivity contribution is -0.116. The van der Waals surface area contributed by atoms with E-state index in [0.717, 1.165) is 15.7 Å². The predicted molar refractivity (Wildman–Crippen MR) is 116 cm³/mol. The quantitative estimate of drug-likeness (QED) is 0.564. The fourth-order valence-electron chi connectivity index (χ4n) is 3.73. The van der Waals surface area contributed by atoms with Crippen molar-refractivity contribution in [2.45, 2.75) is 19.3 Å². The Labute approximate surface area is 182 Å². The molecule has 154 valence electrons. The van der Waals surface area contributed by atoms with Crippen LogP contribution in [0.15, 0.2) is 46.9 Å². The van der Waals surface area contributed by atoms with Crippen molar-refractivity contribution in [3.63, 3.8) is 0 Å². The molecule has 0 unspecified atom stereocenters. The van der Waals surface area contributed by atoms with Gasteiger partial charge < -0.3 is 14.8 Å². The molecule has 1 aliphatic rings. The van der Waals surface area contributed by atoms with Gasteiger partial charge in [0.25, 0.3) is 0 Å². The number of ketones is 1. The van der Waals surface area contributed by atoms with Crippen molar-refractivity contribution in [2.75, 3.05) is 19.5 Å². The van der Waals surface area contributed by atoms with E-state index in [2.05, 4.69) is 26.3 Å². The number of benzene rings is 2. The van der Waals surface area contributed by atoms with Crippen molar-refractivity contribution in [1.82, 2.24) is 9.78 Å². The van der Waals surface area contributed by atoms with Gasteiger partial charge in [-0.2, -0.15) is 5.10 Å². The number of carbonyl (C=O) groups is 2. The number of aromatic nitrogens is 2. The third-order valence-corrected chi connectivity index (χ3v) is 5.69. The first kappa shape index (κ1) is 20.2. The molecule has 1 aliphatic heterocycles. The van der Waals surface area contributed by atoms with Gasteiger partial charge in [0.05, 0.1) is 31.5 Å². The molecule has 0 saturated carbocycles. The van der Waals surface area contributed by atoms with Crippen LogP contribution in [0.1, 0.15) is 34.0 Å². The van der Waals surface area contributed by atoms with Gasteiger partial charge in [-0.05, 0) is 49.4 Å². The SMILES string of the molecule is COc1ccc(C(=O)[C@@H]2CC(=O)Nc3c2c(C)nn3-c2ccc(Br)cc2)cc1OC. The fourth-order valence-corrected chi connectivity index (χ4v) is 4.00. The minimum atomic E-state index is -0.629. The second kappa shape index (κ2) is 7.95. The number of ether oxygens (including phenoxy) is 2. The molecule has 1 atom stereocenters. The van der Waals surface area contributed by atoms with Gasteiger partial charge in [-0.25, -0.2) is 4.68 Å². The molecule has 2 aromatic carbocycles. The Bertz CT molecular complexity index is 1140. The molecule has 1 amide bonds. The second-order valence-corrected chi connectivity index (χ2v) is 7.89. The maximum Gasteiger partial charge on any atom is 0.226 e. The Morgan fingerprint density at radius 3 is 2.50 bits per heavy atom. The standard InChI is InChI=1S/C22H20BrN3O4/c1-12-20-16(21(28)13-4-9-17(29-2)18(10-13)30-3)11-19(27)24-22(20)26(25-12)15-7-5-14(23)6-8-15/h4-10,16H,11H2,1-3H3,(H,24,27)/t16-/m1/s1. The summed E-state index contributed by atoms with van der Waals surface area (Å²) in [5, 5.41) is 7.50. The van der Waals surface area contributed by atoms with E-state index in [1.807, 2.05) is 31.2 Å². The highest BCUT2D eigenvalue weighted by Crippen LogP contribution is 2.39. The number of amides is 1. The minimum Gasteiger partial charge on any atom is -0.493 e. The third-order valence-electron chi connectivity index (χ3n) is 5.16. The van der Waals surface area contributed by atoms with E-state index < -0.39 is 5.92 Å². The number of hydrogen-bond donors (Lipinski definition) is 1. The maximum absolute atomic E-state index is 13.4. The summed E-state index contributed by atoms with van der Waals surface area (Å²) in [7, 11) is 3.06. The van der Waals surface area contributed by atoms with Crippen molar-refractivity contribution in [1.29, 1.82) is 0 Å². The number of rotatable bonds is 5. The zero-order chi connectivity index (χ0) is 21.4. The van der Waals surface area contributed by atoms with E-state index in [4.69, 9.17) is 9.47 Å². The fraction of sp³-hybridized carbons (Fsp3) is 0.227. The van der Waals surface area contributed by atoms with Crippen molar-refractivity contribution < 1.29 is 19.1 Å². The number of nitrogens with zero attached hydrogens (tertiary/aromatic N) is 2. The third kappa shape index (κ3) is 3.47. The topological polar surface area (TPSA) is 82.5 Å². The van der Waals surface area contributed by atoms with Gasteiger partial charge >= 0.3 is 0 Å². The molecular weight excluding hydrogens is 450 g/mol. The molecule has 0 spiro atoms. The minimum absolute atomic E-state index is 0.0625. The number of anilines is 1. The zero-order valence-electron chi connectivity index (χ0n) is 16.7. The molecule has 4 rings (SSSR count). The van der Waals surface area contributed by atoms with Gasteiger partial charge in [-0.1, -0.05) is 15.9 Å². The van der Waals surface area contributed by atoms with E-state index >= 15 is 0 Å². The molecule has 2 heterocycles. The number of hydrogen-bond acceptors (Lipinski definition) is 5. The zero-order valence-corrected chi connectivity index (χ0v) is 18.3. The average molecular weight is 470 g/mol. The van der Waals surface area contributed by atoms with Crippen LogP contribution < -0.4 is 14.8 Å². The summed E-state index contributed by atoms with van der Waals surface area (Å²) >= 11 is 3.42. The molecular formula is C22H20BrN3O4. The van der Waals surface area contributed by atoms with Gasteiger partial charge in [-0.3, -0.25) is 9.59 Å². The lowest BCUT2D eigenvalue weighted by Gasteiger charge is -2.23. The lowest BCUT2D eigenvalue weighted by atomic mass is 9.85. The van der Waals surface area contributed by atoms with Crippen LogP contribution in [-0.4, -0.2) is 35.7 Å². The van der Waals surface area contributed by atoms with Crippen LogP contribution in [0.25, 0.3) is 5.69 Å². The highest BCUT2D eigenvalue weighted by Gasteiger charge is 2.36. The maximum atomic E-state index is 13.4. The lowest BCUT2D eigenvalue weighted by Crippen LogP contribution is -2.28. The van der Waals surface area contributed by atoms with E-state index in [-0.39, 0.29) is 18.1 Å². The van der Waals surface area contributed by atoms with Crippen LogP contribution in [-0.2, 0) is 4.79 Å². The molecule has 0 bridgehead atoms. The monoisotopic (exact) mass is 469 g/mol. The van der Waals surface area contributed by atoms with Gasteiger partial charge in [-0.15, -0.1) is 0 Å². The highest BCUT2D eigenvalue weighted by molar-refractivity contribution is 9.10. The van der Waals surface area contributed by atoms with Gasteiger partial charge in [0.15, 0.2) is 17.3 Å². The molecule has 0 radical (unpaired) electrons. The Morgan fingerprint density at radius 2 is 1.83 bits per heavy atom. The van der Waals surface area contributed by atoms with E-state index in [0.29, 0.717) is 28.6 Å². The number of nitrogens with one attached hydrogen (secondary N) is 1. The Morgan fingerprint density at radius 1 is 1.13 bits per heavy atom. The summed E-state index contributed by atoms with van der Waals surface area (Å²) in [6.45, 7) is 1.85. The van der Waals surface area contributed by atoms with Gasteiger partial charge in [0, 0.05) is 22.0 Å². The molecule has 0 fully saturated rings. The van der Waals surface area contributed by atoms with Crippen molar-refractivity contribution in [3.8, 4) is 17.2 Å². The predicted octanol–water partition coefficient (Wildman–Crippen LogP) is 4.27. The molecule has 3 aromatic rings. The Balaban J connectivity index is 1.78. The number of aryl methyl sites for hydroxylation is 1. The van der Waals surface area contributed by atoms with Crippen LogP contribution in [0, 0.1) is 6.92 Å². The normalized spacial score (nSPS) is 15.3. The summed E-state index contributed by atoms with van der Waals surface area (Å²) in [6, 6.07) is 12.6. The van der Waals surface area contributed by atoms with Gasteiger partial charge in [0.1, 0.15) is 5.82 Å². The molecule has 1 aromatic heterocycles. The van der Waals surface area contributed by atoms with E-state index in [1.165, 1.54) is 14.2 Å². The summed E-state index contributed by atoms with van der Waals surface area (Å²) in [5.74, 6) is 0.521. The van der Waals surface area contributed by atoms with Gasteiger partial charge in [0.2, 0.25) is 5.91 Å². The van der Waals surface area contributed by atoms with Crippen LogP contribution in [0.4, 0.5) is 5.82 Å². The number of fused-ring (bicyclic) bond motifs is 1. The number of Topliss-reactive ketones (excluding diaryl/α,β-unsaturated/α-hetero) is 1. The van der Waals surface area contributed by atoms with Crippen LogP contribution in [0.2, 0.25) is 0 Å². The van der Waals surface area contributed by atoms with Crippen LogP contribution in [0.5, 0.6) is 11.5 Å². The first-order chi connectivity index (χ1) is 14.4. The molecule has 7 nitrogen and oxygen atoms in total. The Kier molecular flexibility index (Phi) is 5.34. The summed E-state index contributed by atoms with van der Waals surface area (Å²) in [6.07, 6.45) is 0.0625. The number of halogens is 1. The molecule has 1 N–H and O–H groups in total. The average Bonchev–Trinajstić information content (AvgIpc) is 3.08. The molecule has 0 saturated heterocycles. The van der Waals surface area contributed by atoms with E-state index in [9.17, 15) is 9.59 Å². The first-order valence-corrected chi connectivity index (χ1v) is 10.1. The number of methoxy groups -OCH3 is 2. The van der Waals surface area contributed by atoms with Crippen molar-refractivity contribution >= 4 is 33.4 Å². The van der Waals surface area contributed by atoms with Crippen LogP contribution >= 0.6 is 15.9 Å².